The Kier molecular flexibility index (Phi) is 7.91. The lowest BCUT2D eigenvalue weighted by atomic mass is 9.87. The first-order valence-corrected chi connectivity index (χ1v) is 11.7. The van der Waals surface area contributed by atoms with Gasteiger partial charge in [0.1, 0.15) is 29.2 Å². The Hall–Kier alpha value is -3.43. The number of hydrogen-bond acceptors (Lipinski definition) is 7. The van der Waals surface area contributed by atoms with Crippen molar-refractivity contribution >= 4 is 11.5 Å². The Morgan fingerprint density at radius 2 is 2.00 bits per heavy atom. The molecule has 36 heavy (non-hydrogen) atoms. The van der Waals surface area contributed by atoms with Gasteiger partial charge in [0, 0.05) is 36.0 Å². The van der Waals surface area contributed by atoms with Crippen molar-refractivity contribution in [3.63, 3.8) is 0 Å². The van der Waals surface area contributed by atoms with Crippen LogP contribution >= 0.6 is 0 Å². The van der Waals surface area contributed by atoms with Crippen molar-refractivity contribution in [2.24, 2.45) is 0 Å². The van der Waals surface area contributed by atoms with E-state index in [1.807, 2.05) is 0 Å². The van der Waals surface area contributed by atoms with Crippen LogP contribution in [0.25, 0.3) is 0 Å². The van der Waals surface area contributed by atoms with Gasteiger partial charge in [-0.1, -0.05) is 0 Å². The van der Waals surface area contributed by atoms with E-state index in [0.717, 1.165) is 11.3 Å². The zero-order valence-electron chi connectivity index (χ0n) is 20.4. The molecule has 3 atom stereocenters. The summed E-state index contributed by atoms with van der Waals surface area (Å²) in [5.74, 6) is -0.943. The summed E-state index contributed by atoms with van der Waals surface area (Å²) >= 11 is 0. The molecule has 4 rings (SSSR count). The Morgan fingerprint density at radius 1 is 1.19 bits per heavy atom. The summed E-state index contributed by atoms with van der Waals surface area (Å²) in [5.41, 5.74) is 3.05. The first-order valence-electron chi connectivity index (χ1n) is 11.7. The van der Waals surface area contributed by atoms with Crippen LogP contribution in [-0.2, 0) is 14.3 Å². The number of aliphatic hydroxyl groups is 1. The summed E-state index contributed by atoms with van der Waals surface area (Å²) in [6.07, 6.45) is 3.66. The molecule has 2 aliphatic rings. The first kappa shape index (κ1) is 25.7. The summed E-state index contributed by atoms with van der Waals surface area (Å²) in [6, 6.07) is 5.86. The molecule has 0 bridgehead atoms. The van der Waals surface area contributed by atoms with Crippen molar-refractivity contribution in [3.8, 4) is 5.75 Å². The van der Waals surface area contributed by atoms with Gasteiger partial charge in [-0.3, -0.25) is 4.79 Å². The Bertz CT molecular complexity index is 1200. The number of ether oxygens (including phenoxy) is 3. The second kappa shape index (κ2) is 11.1. The van der Waals surface area contributed by atoms with Gasteiger partial charge in [-0.05, 0) is 54.5 Å². The van der Waals surface area contributed by atoms with Crippen LogP contribution in [-0.4, -0.2) is 51.0 Å². The molecule has 0 amide bonds. The van der Waals surface area contributed by atoms with Crippen LogP contribution in [0.2, 0.25) is 0 Å². The third-order valence-corrected chi connectivity index (χ3v) is 6.40. The van der Waals surface area contributed by atoms with Crippen molar-refractivity contribution in [2.75, 3.05) is 39.3 Å². The second-order valence-corrected chi connectivity index (χ2v) is 8.76. The number of halogens is 2. The van der Waals surface area contributed by atoms with Gasteiger partial charge in [-0.15, -0.1) is 0 Å². The summed E-state index contributed by atoms with van der Waals surface area (Å²) in [6.45, 7) is 2.11. The number of hydrogen-bond donors (Lipinski definition) is 3. The van der Waals surface area contributed by atoms with Crippen LogP contribution in [0, 0.1) is 18.6 Å². The molecule has 1 aliphatic carbocycles. The van der Waals surface area contributed by atoms with E-state index in [4.69, 9.17) is 19.3 Å². The number of allylic oxidation sites excluding steroid dienone is 1. The molecule has 0 radical (unpaired) electrons. The van der Waals surface area contributed by atoms with Crippen molar-refractivity contribution in [3.05, 3.63) is 82.3 Å². The third kappa shape index (κ3) is 5.37. The number of anilines is 1. The second-order valence-electron chi connectivity index (χ2n) is 8.76. The molecule has 3 N–H and O–H groups in total. The minimum atomic E-state index is -0.945. The van der Waals surface area contributed by atoms with E-state index < -0.39 is 23.6 Å². The van der Waals surface area contributed by atoms with Gasteiger partial charge in [0.05, 0.1) is 39.5 Å². The molecular formula is C27H30F2N2O5. The molecule has 1 aliphatic heterocycles. The molecular weight excluding hydrogens is 470 g/mol. The van der Waals surface area contributed by atoms with E-state index in [2.05, 4.69) is 10.6 Å². The molecule has 0 spiro atoms. The normalized spacial score (nSPS) is 19.5. The van der Waals surface area contributed by atoms with Gasteiger partial charge in [-0.2, -0.15) is 0 Å². The van der Waals surface area contributed by atoms with Crippen LogP contribution in [0.15, 0.2) is 53.9 Å². The molecule has 2 aromatic carbocycles. The van der Waals surface area contributed by atoms with E-state index in [-0.39, 0.29) is 30.9 Å². The van der Waals surface area contributed by atoms with E-state index >= 15 is 0 Å². The van der Waals surface area contributed by atoms with Gasteiger partial charge in [0.2, 0.25) is 0 Å². The fourth-order valence-electron chi connectivity index (χ4n) is 4.73. The third-order valence-electron chi connectivity index (χ3n) is 6.40. The van der Waals surface area contributed by atoms with Crippen molar-refractivity contribution < 1.29 is 32.9 Å². The number of fused-ring (bicyclic) bond motifs is 1. The zero-order valence-corrected chi connectivity index (χ0v) is 20.4. The Labute approximate surface area is 208 Å². The van der Waals surface area contributed by atoms with E-state index in [1.54, 1.807) is 26.2 Å². The maximum Gasteiger partial charge on any atom is 0.169 e. The lowest BCUT2D eigenvalue weighted by molar-refractivity contribution is -0.122. The van der Waals surface area contributed by atoms with Gasteiger partial charge in [0.15, 0.2) is 5.78 Å². The first-order chi connectivity index (χ1) is 17.3. The summed E-state index contributed by atoms with van der Waals surface area (Å²) in [7, 11) is 2.95. The Balaban J connectivity index is 1.74. The molecule has 9 heteroatoms. The number of carbonyl (C=O) groups excluding carboxylic acids is 1. The monoisotopic (exact) mass is 500 g/mol. The van der Waals surface area contributed by atoms with E-state index in [0.29, 0.717) is 35.5 Å². The highest BCUT2D eigenvalue weighted by Crippen LogP contribution is 2.39. The number of methoxy groups -OCH3 is 2. The van der Waals surface area contributed by atoms with Crippen LogP contribution < -0.4 is 15.4 Å². The summed E-state index contributed by atoms with van der Waals surface area (Å²) in [5, 5.41) is 15.6. The smallest absolute Gasteiger partial charge is 0.169 e. The number of carbonyl (C=O) groups is 1. The molecule has 0 saturated heterocycles. The molecule has 0 aromatic heterocycles. The Morgan fingerprint density at radius 3 is 2.72 bits per heavy atom. The lowest BCUT2D eigenvalue weighted by Gasteiger charge is -2.27. The molecule has 7 nitrogen and oxygen atoms in total. The molecule has 192 valence electrons. The topological polar surface area (TPSA) is 89.1 Å². The standard InChI is InChI=1S/C27H30F2N2O5/c1-15-8-17(29)9-22-23(14-30-25(15)22)27(33)26(21-5-4-16(28)10-24(21)35-3)31-18-11-19(34-2)13-20(12-18)36-7-6-32/h4-5,8-12,20,23,26,30-32H,6-7,13-14H2,1-3H3. The van der Waals surface area contributed by atoms with Crippen LogP contribution in [0.3, 0.4) is 0 Å². The highest BCUT2D eigenvalue weighted by atomic mass is 19.1. The average Bonchev–Trinajstić information content (AvgIpc) is 3.29. The SMILES string of the molecule is COC1=CC(NC(C(=O)C2CNc3c(C)cc(F)cc32)c2ccc(F)cc2OC)=CC(OCCO)C1. The minimum Gasteiger partial charge on any atom is -0.501 e. The number of aryl methyl sites for hydroxylation is 1. The quantitative estimate of drug-likeness (QED) is 0.456. The number of nitrogens with one attached hydrogen (secondary N) is 2. The van der Waals surface area contributed by atoms with Crippen LogP contribution in [0.4, 0.5) is 14.5 Å². The number of benzene rings is 2. The molecule has 0 fully saturated rings. The lowest BCUT2D eigenvalue weighted by Crippen LogP contribution is -2.34. The predicted molar refractivity (Wildman–Crippen MR) is 131 cm³/mol. The minimum absolute atomic E-state index is 0.128. The van der Waals surface area contributed by atoms with Crippen LogP contribution in [0.5, 0.6) is 5.75 Å². The van der Waals surface area contributed by atoms with Gasteiger partial charge in [-0.25, -0.2) is 8.78 Å². The van der Waals surface area contributed by atoms with Gasteiger partial charge >= 0.3 is 0 Å². The molecule has 3 unspecified atom stereocenters. The highest BCUT2D eigenvalue weighted by molar-refractivity contribution is 5.95. The maximum atomic E-state index is 14.3. The highest BCUT2D eigenvalue weighted by Gasteiger charge is 2.37. The predicted octanol–water partition coefficient (Wildman–Crippen LogP) is 3.89. The molecule has 1 heterocycles. The van der Waals surface area contributed by atoms with Gasteiger partial charge in [0.25, 0.3) is 0 Å². The fourth-order valence-corrected chi connectivity index (χ4v) is 4.73. The summed E-state index contributed by atoms with van der Waals surface area (Å²) in [4.78, 5) is 14.0. The number of aliphatic hydroxyl groups excluding tert-OH is 1. The number of rotatable bonds is 10. The largest absolute Gasteiger partial charge is 0.501 e. The number of ketones is 1. The van der Waals surface area contributed by atoms with E-state index in [1.165, 1.54) is 37.4 Å². The maximum absolute atomic E-state index is 14.3. The fraction of sp³-hybridized carbons (Fsp3) is 0.370. The van der Waals surface area contributed by atoms with Crippen molar-refractivity contribution in [1.82, 2.24) is 5.32 Å². The molecule has 2 aromatic rings. The van der Waals surface area contributed by atoms with Crippen molar-refractivity contribution in [2.45, 2.75) is 31.4 Å². The summed E-state index contributed by atoms with van der Waals surface area (Å²) < 4.78 is 44.8. The average molecular weight is 501 g/mol. The van der Waals surface area contributed by atoms with Crippen molar-refractivity contribution in [1.29, 1.82) is 0 Å². The van der Waals surface area contributed by atoms with Crippen LogP contribution in [0.1, 0.15) is 35.1 Å². The number of Topliss-reactive ketones (excluding diaryl/α,β-unsaturated/α-hetero) is 1. The van der Waals surface area contributed by atoms with Gasteiger partial charge < -0.3 is 30.0 Å². The zero-order chi connectivity index (χ0) is 25.8. The van der Waals surface area contributed by atoms with E-state index in [9.17, 15) is 13.6 Å². The molecule has 0 saturated carbocycles.